The van der Waals surface area contributed by atoms with Crippen LogP contribution >= 0.6 is 0 Å². The number of benzene rings is 1. The number of nitrogens with two attached hydrogens (primary N) is 1. The average molecular weight is 293 g/mol. The van der Waals surface area contributed by atoms with Gasteiger partial charge in [-0.3, -0.25) is 4.79 Å². The normalized spacial score (nSPS) is 10.3. The summed E-state index contributed by atoms with van der Waals surface area (Å²) in [4.78, 5) is 15.8. The van der Waals surface area contributed by atoms with Gasteiger partial charge in [0, 0.05) is 20.1 Å². The number of rotatable bonds is 8. The van der Waals surface area contributed by atoms with Crippen LogP contribution in [0.25, 0.3) is 0 Å². The van der Waals surface area contributed by atoms with E-state index < -0.39 is 0 Å². The first kappa shape index (κ1) is 17.1. The fourth-order valence-corrected chi connectivity index (χ4v) is 2.17. The number of nitrogens with zero attached hydrogens (tertiary/aromatic N) is 2. The number of para-hydroxylation sites is 1. The van der Waals surface area contributed by atoms with Gasteiger partial charge >= 0.3 is 0 Å². The van der Waals surface area contributed by atoms with Gasteiger partial charge in [-0.05, 0) is 32.4 Å². The number of hydrogen-bond donors (Lipinski definition) is 1. The largest absolute Gasteiger partial charge is 0.491 e. The van der Waals surface area contributed by atoms with Crippen LogP contribution in [0.1, 0.15) is 27.2 Å². The molecule has 0 fully saturated rings. The lowest BCUT2D eigenvalue weighted by atomic mass is 10.2. The second-order valence-corrected chi connectivity index (χ2v) is 4.96. The molecule has 0 saturated heterocycles. The minimum atomic E-state index is 0.0989. The van der Waals surface area contributed by atoms with Crippen LogP contribution in [-0.4, -0.2) is 44.1 Å². The lowest BCUT2D eigenvalue weighted by Gasteiger charge is -2.25. The highest BCUT2D eigenvalue weighted by molar-refractivity contribution is 5.84. The van der Waals surface area contributed by atoms with Gasteiger partial charge < -0.3 is 20.3 Å². The third kappa shape index (κ3) is 4.55. The Morgan fingerprint density at radius 1 is 1.24 bits per heavy atom. The van der Waals surface area contributed by atoms with E-state index in [9.17, 15) is 4.79 Å². The van der Waals surface area contributed by atoms with Gasteiger partial charge in [-0.15, -0.1) is 0 Å². The second-order valence-electron chi connectivity index (χ2n) is 4.96. The van der Waals surface area contributed by atoms with Gasteiger partial charge in [0.05, 0.1) is 24.5 Å². The Morgan fingerprint density at radius 2 is 1.90 bits per heavy atom. The molecular formula is C16H27N3O2. The van der Waals surface area contributed by atoms with Crippen LogP contribution in [0.15, 0.2) is 18.2 Å². The van der Waals surface area contributed by atoms with E-state index in [1.54, 1.807) is 0 Å². The molecule has 5 heteroatoms. The standard InChI is InChI=1S/C16H27N3O2/c1-5-11-21-14-10-8-9-13(16(14)17)18(4)12-15(20)19(6-2)7-3/h8-10H,5-7,11-12,17H2,1-4H3. The van der Waals surface area contributed by atoms with E-state index in [4.69, 9.17) is 10.5 Å². The topological polar surface area (TPSA) is 58.8 Å². The van der Waals surface area contributed by atoms with Crippen molar-refractivity contribution in [3.05, 3.63) is 18.2 Å². The molecule has 118 valence electrons. The third-order valence-corrected chi connectivity index (χ3v) is 3.40. The van der Waals surface area contributed by atoms with Crippen molar-refractivity contribution in [3.63, 3.8) is 0 Å². The summed E-state index contributed by atoms with van der Waals surface area (Å²) in [7, 11) is 1.87. The Kier molecular flexibility index (Phi) is 6.85. The smallest absolute Gasteiger partial charge is 0.242 e. The molecule has 0 heterocycles. The summed E-state index contributed by atoms with van der Waals surface area (Å²) in [5, 5.41) is 0. The summed E-state index contributed by atoms with van der Waals surface area (Å²) < 4.78 is 5.62. The molecule has 0 saturated carbocycles. The molecule has 1 aromatic rings. The molecule has 1 rings (SSSR count). The van der Waals surface area contributed by atoms with Gasteiger partial charge in [0.2, 0.25) is 5.91 Å². The van der Waals surface area contributed by atoms with E-state index >= 15 is 0 Å². The molecule has 1 aromatic carbocycles. The number of anilines is 2. The number of nitrogen functional groups attached to an aromatic ring is 1. The molecule has 0 atom stereocenters. The monoisotopic (exact) mass is 293 g/mol. The molecule has 0 aliphatic carbocycles. The fraction of sp³-hybridized carbons (Fsp3) is 0.562. The van der Waals surface area contributed by atoms with Crippen molar-refractivity contribution in [2.45, 2.75) is 27.2 Å². The zero-order valence-corrected chi connectivity index (χ0v) is 13.6. The Labute approximate surface area is 127 Å². The van der Waals surface area contributed by atoms with Gasteiger partial charge in [-0.25, -0.2) is 0 Å². The van der Waals surface area contributed by atoms with Gasteiger partial charge in [-0.1, -0.05) is 13.0 Å². The molecule has 0 aromatic heterocycles. The van der Waals surface area contributed by atoms with E-state index in [2.05, 4.69) is 6.92 Å². The summed E-state index contributed by atoms with van der Waals surface area (Å²) in [6.45, 7) is 8.40. The lowest BCUT2D eigenvalue weighted by molar-refractivity contribution is -0.129. The number of carbonyl (C=O) groups is 1. The van der Waals surface area contributed by atoms with Crippen LogP contribution in [-0.2, 0) is 4.79 Å². The van der Waals surface area contributed by atoms with Crippen molar-refractivity contribution in [1.82, 2.24) is 4.90 Å². The zero-order chi connectivity index (χ0) is 15.8. The van der Waals surface area contributed by atoms with Gasteiger partial charge in [-0.2, -0.15) is 0 Å². The molecule has 0 aliphatic heterocycles. The first-order chi connectivity index (χ1) is 10.0. The number of amides is 1. The summed E-state index contributed by atoms with van der Waals surface area (Å²) >= 11 is 0. The van der Waals surface area contributed by atoms with Crippen molar-refractivity contribution in [2.24, 2.45) is 0 Å². The summed E-state index contributed by atoms with van der Waals surface area (Å²) in [6.07, 6.45) is 0.931. The van der Waals surface area contributed by atoms with E-state index in [0.717, 1.165) is 25.2 Å². The third-order valence-electron chi connectivity index (χ3n) is 3.40. The van der Waals surface area contributed by atoms with Crippen LogP contribution in [0.3, 0.4) is 0 Å². The number of likely N-dealkylation sites (N-methyl/N-ethyl adjacent to an activating group) is 2. The SMILES string of the molecule is CCCOc1cccc(N(C)CC(=O)N(CC)CC)c1N. The van der Waals surface area contributed by atoms with Gasteiger partial charge in [0.25, 0.3) is 0 Å². The Balaban J connectivity index is 2.82. The maximum absolute atomic E-state index is 12.2. The first-order valence-electron chi connectivity index (χ1n) is 7.55. The van der Waals surface area contributed by atoms with Crippen LogP contribution in [0.5, 0.6) is 5.75 Å². The average Bonchev–Trinajstić information content (AvgIpc) is 2.47. The highest BCUT2D eigenvalue weighted by atomic mass is 16.5. The highest BCUT2D eigenvalue weighted by Gasteiger charge is 2.15. The Morgan fingerprint density at radius 3 is 2.48 bits per heavy atom. The van der Waals surface area contributed by atoms with Crippen LogP contribution in [0, 0.1) is 0 Å². The van der Waals surface area contributed by atoms with Crippen molar-refractivity contribution < 1.29 is 9.53 Å². The predicted octanol–water partition coefficient (Wildman–Crippen LogP) is 2.36. The molecule has 0 radical (unpaired) electrons. The summed E-state index contributed by atoms with van der Waals surface area (Å²) in [5.74, 6) is 0.776. The van der Waals surface area contributed by atoms with Gasteiger partial charge in [0.15, 0.2) is 0 Å². The zero-order valence-electron chi connectivity index (χ0n) is 13.6. The predicted molar refractivity (Wildman–Crippen MR) is 87.8 cm³/mol. The molecule has 0 aliphatic rings. The van der Waals surface area contributed by atoms with Crippen LogP contribution < -0.4 is 15.4 Å². The molecule has 0 spiro atoms. The highest BCUT2D eigenvalue weighted by Crippen LogP contribution is 2.31. The van der Waals surface area contributed by atoms with Crippen molar-refractivity contribution in [3.8, 4) is 5.75 Å². The quantitative estimate of drug-likeness (QED) is 0.748. The number of carbonyl (C=O) groups excluding carboxylic acids is 1. The van der Waals surface area contributed by atoms with Crippen molar-refractivity contribution in [2.75, 3.05) is 43.9 Å². The Bertz CT molecular complexity index is 459. The molecule has 1 amide bonds. The maximum atomic E-state index is 12.2. The lowest BCUT2D eigenvalue weighted by Crippen LogP contribution is -2.39. The van der Waals surface area contributed by atoms with Crippen molar-refractivity contribution >= 4 is 17.3 Å². The minimum absolute atomic E-state index is 0.0989. The molecule has 21 heavy (non-hydrogen) atoms. The summed E-state index contributed by atoms with van der Waals surface area (Å²) in [5.41, 5.74) is 7.56. The second kappa shape index (κ2) is 8.39. The van der Waals surface area contributed by atoms with Crippen molar-refractivity contribution in [1.29, 1.82) is 0 Å². The van der Waals surface area contributed by atoms with Crippen LogP contribution in [0.2, 0.25) is 0 Å². The van der Waals surface area contributed by atoms with E-state index in [0.29, 0.717) is 24.6 Å². The molecule has 0 unspecified atom stereocenters. The van der Waals surface area contributed by atoms with E-state index in [1.165, 1.54) is 0 Å². The first-order valence-corrected chi connectivity index (χ1v) is 7.55. The molecular weight excluding hydrogens is 266 g/mol. The minimum Gasteiger partial charge on any atom is -0.491 e. The van der Waals surface area contributed by atoms with E-state index in [1.807, 2.05) is 48.9 Å². The number of ether oxygens (including phenoxy) is 1. The maximum Gasteiger partial charge on any atom is 0.242 e. The van der Waals surface area contributed by atoms with Crippen LogP contribution in [0.4, 0.5) is 11.4 Å². The van der Waals surface area contributed by atoms with E-state index in [-0.39, 0.29) is 5.91 Å². The molecule has 2 N–H and O–H groups in total. The molecule has 5 nitrogen and oxygen atoms in total. The fourth-order valence-electron chi connectivity index (χ4n) is 2.17. The summed E-state index contributed by atoms with van der Waals surface area (Å²) in [6, 6.07) is 5.66. The Hall–Kier alpha value is -1.91. The molecule has 0 bridgehead atoms. The van der Waals surface area contributed by atoms with Gasteiger partial charge in [0.1, 0.15) is 5.75 Å². The number of hydrogen-bond acceptors (Lipinski definition) is 4.